The minimum Gasteiger partial charge on any atom is -0.493 e. The Labute approximate surface area is 165 Å². The lowest BCUT2D eigenvalue weighted by atomic mass is 9.98. The minimum absolute atomic E-state index is 0. The third kappa shape index (κ3) is 5.89. The van der Waals surface area contributed by atoms with Gasteiger partial charge in [0.25, 0.3) is 5.91 Å². The molecule has 1 aliphatic rings. The zero-order valence-electron chi connectivity index (χ0n) is 15.1. The summed E-state index contributed by atoms with van der Waals surface area (Å²) in [4.78, 5) is 13.2. The van der Waals surface area contributed by atoms with Gasteiger partial charge in [-0.15, -0.1) is 12.4 Å². The number of rotatable bonds is 8. The predicted molar refractivity (Wildman–Crippen MR) is 103 cm³/mol. The van der Waals surface area contributed by atoms with Gasteiger partial charge in [-0.25, -0.2) is 0 Å². The maximum Gasteiger partial charge on any atom is 0.255 e. The van der Waals surface area contributed by atoms with Gasteiger partial charge in [0.2, 0.25) is 0 Å². The number of hydrogen-bond donors (Lipinski definition) is 2. The summed E-state index contributed by atoms with van der Waals surface area (Å²) in [7, 11) is 3.27. The number of primary amides is 1. The molecule has 7 nitrogen and oxygen atoms in total. The van der Waals surface area contributed by atoms with E-state index in [4.69, 9.17) is 37.3 Å². The van der Waals surface area contributed by atoms with E-state index < -0.39 is 5.91 Å². The Morgan fingerprint density at radius 3 is 2.69 bits per heavy atom. The first-order chi connectivity index (χ1) is 12.0. The number of halogens is 2. The van der Waals surface area contributed by atoms with Crippen molar-refractivity contribution in [3.63, 3.8) is 0 Å². The highest BCUT2D eigenvalue weighted by Crippen LogP contribution is 2.37. The van der Waals surface area contributed by atoms with E-state index in [0.29, 0.717) is 29.6 Å². The van der Waals surface area contributed by atoms with Crippen LogP contribution in [0.25, 0.3) is 0 Å². The molecule has 0 aliphatic carbocycles. The van der Waals surface area contributed by atoms with Gasteiger partial charge in [-0.05, 0) is 30.5 Å². The SMILES string of the molecule is COc1cc(CN2CCC(OC)CC2CN)cc(Cl)c1OCC(N)=O.Cl. The number of amides is 1. The molecule has 1 saturated heterocycles. The molecule has 1 aliphatic heterocycles. The Morgan fingerprint density at radius 1 is 1.38 bits per heavy atom. The van der Waals surface area contributed by atoms with Crippen LogP contribution in [0.2, 0.25) is 5.02 Å². The summed E-state index contributed by atoms with van der Waals surface area (Å²) in [6.07, 6.45) is 2.14. The molecule has 2 atom stereocenters. The zero-order chi connectivity index (χ0) is 18.4. The first kappa shape index (κ1) is 22.8. The highest BCUT2D eigenvalue weighted by Gasteiger charge is 2.28. The maximum atomic E-state index is 10.9. The van der Waals surface area contributed by atoms with Gasteiger partial charge in [-0.1, -0.05) is 11.6 Å². The molecule has 26 heavy (non-hydrogen) atoms. The molecule has 2 rings (SSSR count). The second-order valence-corrected chi connectivity index (χ2v) is 6.51. The predicted octanol–water partition coefficient (Wildman–Crippen LogP) is 1.57. The highest BCUT2D eigenvalue weighted by atomic mass is 35.5. The molecule has 1 aromatic carbocycles. The second-order valence-electron chi connectivity index (χ2n) is 6.11. The van der Waals surface area contributed by atoms with E-state index in [0.717, 1.165) is 24.9 Å². The number of benzene rings is 1. The van der Waals surface area contributed by atoms with Gasteiger partial charge in [0.15, 0.2) is 18.1 Å². The van der Waals surface area contributed by atoms with Crippen LogP contribution in [-0.4, -0.2) is 56.9 Å². The Morgan fingerprint density at radius 2 is 2.12 bits per heavy atom. The van der Waals surface area contributed by atoms with Crippen LogP contribution in [0.3, 0.4) is 0 Å². The minimum atomic E-state index is -0.575. The fourth-order valence-corrected chi connectivity index (χ4v) is 3.40. The number of carbonyl (C=O) groups is 1. The van der Waals surface area contributed by atoms with E-state index in [1.54, 1.807) is 7.11 Å². The van der Waals surface area contributed by atoms with E-state index in [-0.39, 0.29) is 31.2 Å². The van der Waals surface area contributed by atoms with Gasteiger partial charge in [-0.3, -0.25) is 9.69 Å². The number of nitrogens with two attached hydrogens (primary N) is 2. The van der Waals surface area contributed by atoms with Crippen molar-refractivity contribution in [2.75, 3.05) is 33.9 Å². The summed E-state index contributed by atoms with van der Waals surface area (Å²) in [5.41, 5.74) is 12.0. The van der Waals surface area contributed by atoms with Crippen LogP contribution in [0.4, 0.5) is 0 Å². The summed E-state index contributed by atoms with van der Waals surface area (Å²) < 4.78 is 16.2. The van der Waals surface area contributed by atoms with Crippen LogP contribution in [0, 0.1) is 0 Å². The average molecular weight is 408 g/mol. The molecule has 0 spiro atoms. The largest absolute Gasteiger partial charge is 0.493 e. The monoisotopic (exact) mass is 407 g/mol. The molecular formula is C17H27Cl2N3O4. The highest BCUT2D eigenvalue weighted by molar-refractivity contribution is 6.32. The molecule has 0 radical (unpaired) electrons. The Hall–Kier alpha value is -1.25. The summed E-state index contributed by atoms with van der Waals surface area (Å²) in [6, 6.07) is 3.93. The van der Waals surface area contributed by atoms with Crippen molar-refractivity contribution in [3.05, 3.63) is 22.7 Å². The number of carbonyl (C=O) groups excluding carboxylic acids is 1. The molecule has 1 heterocycles. The van der Waals surface area contributed by atoms with Crippen molar-refractivity contribution in [2.24, 2.45) is 11.5 Å². The lowest BCUT2D eigenvalue weighted by molar-refractivity contribution is -0.119. The van der Waals surface area contributed by atoms with Crippen molar-refractivity contribution < 1.29 is 19.0 Å². The van der Waals surface area contributed by atoms with Crippen molar-refractivity contribution in [2.45, 2.75) is 31.5 Å². The lowest BCUT2D eigenvalue weighted by Crippen LogP contribution is -2.47. The van der Waals surface area contributed by atoms with Crippen LogP contribution in [0.5, 0.6) is 11.5 Å². The number of piperidine rings is 1. The molecule has 0 aromatic heterocycles. The van der Waals surface area contributed by atoms with Gasteiger partial charge in [0.1, 0.15) is 0 Å². The first-order valence-electron chi connectivity index (χ1n) is 8.22. The van der Waals surface area contributed by atoms with Crippen molar-refractivity contribution in [1.82, 2.24) is 4.90 Å². The van der Waals surface area contributed by atoms with Gasteiger partial charge < -0.3 is 25.7 Å². The van der Waals surface area contributed by atoms with Crippen LogP contribution in [0.15, 0.2) is 12.1 Å². The van der Waals surface area contributed by atoms with E-state index >= 15 is 0 Å². The third-order valence-electron chi connectivity index (χ3n) is 4.43. The summed E-state index contributed by atoms with van der Waals surface area (Å²) in [5, 5.41) is 0.381. The standard InChI is InChI=1S/C17H26ClN3O4.ClH/c1-23-13-3-4-21(12(7-13)8-19)9-11-5-14(18)17(15(6-11)24-2)25-10-16(20)22;/h5-6,12-13H,3-4,7-10,19H2,1-2H3,(H2,20,22);1H. The molecule has 2 unspecified atom stereocenters. The summed E-state index contributed by atoms with van der Waals surface area (Å²) in [5.74, 6) is 0.217. The topological polar surface area (TPSA) is 100 Å². The van der Waals surface area contributed by atoms with Crippen LogP contribution in [0.1, 0.15) is 18.4 Å². The van der Waals surface area contributed by atoms with Gasteiger partial charge in [0, 0.05) is 32.8 Å². The number of ether oxygens (including phenoxy) is 3. The van der Waals surface area contributed by atoms with Gasteiger partial charge >= 0.3 is 0 Å². The second kappa shape index (κ2) is 10.8. The Balaban J connectivity index is 0.00000338. The fraction of sp³-hybridized carbons (Fsp3) is 0.588. The molecule has 1 aromatic rings. The number of methoxy groups -OCH3 is 2. The number of nitrogens with zero attached hydrogens (tertiary/aromatic N) is 1. The summed E-state index contributed by atoms with van der Waals surface area (Å²) >= 11 is 6.31. The van der Waals surface area contributed by atoms with Crippen molar-refractivity contribution >= 4 is 29.9 Å². The Bertz CT molecular complexity index is 604. The number of likely N-dealkylation sites (tertiary alicyclic amines) is 1. The van der Waals surface area contributed by atoms with Gasteiger partial charge in [-0.2, -0.15) is 0 Å². The van der Waals surface area contributed by atoms with E-state index in [9.17, 15) is 4.79 Å². The van der Waals surface area contributed by atoms with E-state index in [1.807, 2.05) is 12.1 Å². The molecule has 4 N–H and O–H groups in total. The third-order valence-corrected chi connectivity index (χ3v) is 4.71. The zero-order valence-corrected chi connectivity index (χ0v) is 16.6. The van der Waals surface area contributed by atoms with E-state index in [2.05, 4.69) is 4.90 Å². The molecule has 9 heteroatoms. The fourth-order valence-electron chi connectivity index (χ4n) is 3.11. The van der Waals surface area contributed by atoms with Gasteiger partial charge in [0.05, 0.1) is 18.2 Å². The Kier molecular flexibility index (Phi) is 9.46. The van der Waals surface area contributed by atoms with Crippen LogP contribution >= 0.6 is 24.0 Å². The molecule has 0 bridgehead atoms. The van der Waals surface area contributed by atoms with E-state index in [1.165, 1.54) is 7.11 Å². The number of hydrogen-bond acceptors (Lipinski definition) is 6. The average Bonchev–Trinajstić information content (AvgIpc) is 2.60. The van der Waals surface area contributed by atoms with Crippen LogP contribution < -0.4 is 20.9 Å². The molecule has 1 amide bonds. The lowest BCUT2D eigenvalue weighted by Gasteiger charge is -2.38. The van der Waals surface area contributed by atoms with Crippen LogP contribution in [-0.2, 0) is 16.1 Å². The quantitative estimate of drug-likeness (QED) is 0.678. The molecule has 1 fully saturated rings. The molecular weight excluding hydrogens is 381 g/mol. The normalized spacial score (nSPS) is 20.3. The van der Waals surface area contributed by atoms with Crippen molar-refractivity contribution in [1.29, 1.82) is 0 Å². The smallest absolute Gasteiger partial charge is 0.255 e. The summed E-state index contributed by atoms with van der Waals surface area (Å²) in [6.45, 7) is 1.92. The molecule has 148 valence electrons. The first-order valence-corrected chi connectivity index (χ1v) is 8.60. The maximum absolute atomic E-state index is 10.9. The van der Waals surface area contributed by atoms with Crippen molar-refractivity contribution in [3.8, 4) is 11.5 Å². The molecule has 0 saturated carbocycles.